The first-order valence-corrected chi connectivity index (χ1v) is 7.63. The van der Waals surface area contributed by atoms with Gasteiger partial charge in [-0.3, -0.25) is 9.59 Å². The van der Waals surface area contributed by atoms with E-state index in [1.807, 2.05) is 4.90 Å². The van der Waals surface area contributed by atoms with Gasteiger partial charge in [0.05, 0.1) is 19.0 Å². The maximum Gasteiger partial charge on any atom is 0.250 e. The average Bonchev–Trinajstić information content (AvgIpc) is 3.29. The molecule has 2 fully saturated rings. The van der Waals surface area contributed by atoms with Gasteiger partial charge in [0.15, 0.2) is 0 Å². The van der Waals surface area contributed by atoms with Crippen LogP contribution in [0.2, 0.25) is 0 Å². The van der Waals surface area contributed by atoms with Crippen molar-refractivity contribution in [2.75, 3.05) is 19.7 Å². The molecule has 0 spiro atoms. The fourth-order valence-corrected chi connectivity index (χ4v) is 2.67. The van der Waals surface area contributed by atoms with E-state index in [9.17, 15) is 9.59 Å². The average molecular weight is 291 g/mol. The van der Waals surface area contributed by atoms with Crippen molar-refractivity contribution >= 4 is 5.91 Å². The second kappa shape index (κ2) is 6.39. The smallest absolute Gasteiger partial charge is 0.250 e. The van der Waals surface area contributed by atoms with Crippen molar-refractivity contribution in [3.05, 3.63) is 28.4 Å². The molecule has 1 amide bonds. The van der Waals surface area contributed by atoms with Gasteiger partial charge in [0.2, 0.25) is 5.91 Å². The standard InChI is InChI=1S/C15H21N3O3/c19-14-8-12(16-10-17-14)3-4-13-9-18(5-6-21-13)15(20)7-11-1-2-11/h8,10-11,13H,1-7,9H2,(H,16,17,19)/t13-/m0/s1. The number of carbonyl (C=O) groups is 1. The van der Waals surface area contributed by atoms with E-state index in [4.69, 9.17) is 4.74 Å². The lowest BCUT2D eigenvalue weighted by Crippen LogP contribution is -2.45. The lowest BCUT2D eigenvalue weighted by Gasteiger charge is -2.33. The molecule has 1 atom stereocenters. The molecule has 0 unspecified atom stereocenters. The van der Waals surface area contributed by atoms with Crippen molar-refractivity contribution in [3.8, 4) is 0 Å². The van der Waals surface area contributed by atoms with Crippen molar-refractivity contribution in [1.82, 2.24) is 14.9 Å². The number of hydrogen-bond donors (Lipinski definition) is 1. The summed E-state index contributed by atoms with van der Waals surface area (Å²) in [5, 5.41) is 0. The first-order chi connectivity index (χ1) is 10.2. The highest BCUT2D eigenvalue weighted by molar-refractivity contribution is 5.76. The molecule has 1 saturated carbocycles. The minimum absolute atomic E-state index is 0.0444. The third-order valence-electron chi connectivity index (χ3n) is 4.11. The Hall–Kier alpha value is -1.69. The van der Waals surface area contributed by atoms with E-state index in [1.165, 1.54) is 25.2 Å². The van der Waals surface area contributed by atoms with Crippen LogP contribution in [0.25, 0.3) is 0 Å². The summed E-state index contributed by atoms with van der Waals surface area (Å²) in [6.45, 7) is 1.96. The number of aromatic nitrogens is 2. The molecule has 2 aliphatic rings. The van der Waals surface area contributed by atoms with Crippen LogP contribution in [0.4, 0.5) is 0 Å². The Labute approximate surface area is 123 Å². The van der Waals surface area contributed by atoms with Crippen LogP contribution < -0.4 is 5.56 Å². The SMILES string of the molecule is O=C(CC1CC1)N1CCO[C@@H](CCc2cc(=O)[nH]cn2)C1. The van der Waals surface area contributed by atoms with Gasteiger partial charge in [0.25, 0.3) is 5.56 Å². The Morgan fingerprint density at radius 1 is 1.48 bits per heavy atom. The lowest BCUT2D eigenvalue weighted by atomic mass is 10.1. The van der Waals surface area contributed by atoms with Gasteiger partial charge in [-0.05, 0) is 31.6 Å². The number of aryl methyl sites for hydroxylation is 1. The van der Waals surface area contributed by atoms with Crippen molar-refractivity contribution in [3.63, 3.8) is 0 Å². The van der Waals surface area contributed by atoms with E-state index < -0.39 is 0 Å². The molecule has 0 aromatic carbocycles. The van der Waals surface area contributed by atoms with Crippen LogP contribution in [0.5, 0.6) is 0 Å². The van der Waals surface area contributed by atoms with Gasteiger partial charge in [-0.2, -0.15) is 0 Å². The van der Waals surface area contributed by atoms with E-state index in [2.05, 4.69) is 9.97 Å². The van der Waals surface area contributed by atoms with Crippen LogP contribution in [0.3, 0.4) is 0 Å². The Kier molecular flexibility index (Phi) is 4.34. The van der Waals surface area contributed by atoms with E-state index in [-0.39, 0.29) is 17.6 Å². The van der Waals surface area contributed by atoms with Gasteiger partial charge >= 0.3 is 0 Å². The number of hydrogen-bond acceptors (Lipinski definition) is 4. The van der Waals surface area contributed by atoms with Crippen LogP contribution in [0.15, 0.2) is 17.2 Å². The zero-order chi connectivity index (χ0) is 14.7. The van der Waals surface area contributed by atoms with E-state index in [0.717, 1.165) is 12.1 Å². The van der Waals surface area contributed by atoms with Crippen LogP contribution in [0.1, 0.15) is 31.4 Å². The monoisotopic (exact) mass is 291 g/mol. The molecular weight excluding hydrogens is 270 g/mol. The van der Waals surface area contributed by atoms with E-state index in [1.54, 1.807) is 0 Å². The van der Waals surface area contributed by atoms with Crippen LogP contribution in [-0.2, 0) is 16.0 Å². The zero-order valence-electron chi connectivity index (χ0n) is 12.1. The number of H-pyrrole nitrogens is 1. The number of amides is 1. The maximum absolute atomic E-state index is 12.1. The number of aromatic amines is 1. The van der Waals surface area contributed by atoms with Crippen molar-refractivity contribution in [2.45, 2.75) is 38.2 Å². The molecule has 6 heteroatoms. The van der Waals surface area contributed by atoms with Crippen molar-refractivity contribution in [1.29, 1.82) is 0 Å². The minimum atomic E-state index is -0.134. The van der Waals surface area contributed by atoms with Gasteiger partial charge in [0.1, 0.15) is 0 Å². The minimum Gasteiger partial charge on any atom is -0.375 e. The van der Waals surface area contributed by atoms with Crippen LogP contribution in [0, 0.1) is 5.92 Å². The van der Waals surface area contributed by atoms with Crippen molar-refractivity contribution in [2.24, 2.45) is 5.92 Å². The van der Waals surface area contributed by atoms with Gasteiger partial charge in [0, 0.05) is 31.3 Å². The third kappa shape index (κ3) is 4.14. The molecule has 6 nitrogen and oxygen atoms in total. The number of nitrogens with one attached hydrogen (secondary N) is 1. The molecule has 21 heavy (non-hydrogen) atoms. The summed E-state index contributed by atoms with van der Waals surface area (Å²) in [4.78, 5) is 31.9. The molecule has 3 rings (SSSR count). The summed E-state index contributed by atoms with van der Waals surface area (Å²) in [6.07, 6.45) is 6.04. The van der Waals surface area contributed by atoms with Gasteiger partial charge in [-0.1, -0.05) is 0 Å². The Balaban J connectivity index is 1.48. The number of nitrogens with zero attached hydrogens (tertiary/aromatic N) is 2. The molecule has 114 valence electrons. The predicted molar refractivity (Wildman–Crippen MR) is 76.8 cm³/mol. The Bertz CT molecular complexity index is 553. The molecular formula is C15H21N3O3. The highest BCUT2D eigenvalue weighted by Gasteiger charge is 2.29. The second-order valence-electron chi connectivity index (χ2n) is 5.92. The summed E-state index contributed by atoms with van der Waals surface area (Å²) in [6, 6.07) is 1.51. The number of carbonyl (C=O) groups excluding carboxylic acids is 1. The third-order valence-corrected chi connectivity index (χ3v) is 4.11. The number of rotatable bonds is 5. The molecule has 1 aromatic heterocycles. The fourth-order valence-electron chi connectivity index (χ4n) is 2.67. The second-order valence-corrected chi connectivity index (χ2v) is 5.92. The molecule has 0 bridgehead atoms. The predicted octanol–water partition coefficient (Wildman–Crippen LogP) is 0.730. The molecule has 1 N–H and O–H groups in total. The lowest BCUT2D eigenvalue weighted by molar-refractivity contribution is -0.139. The summed E-state index contributed by atoms with van der Waals surface area (Å²) >= 11 is 0. The summed E-state index contributed by atoms with van der Waals surface area (Å²) < 4.78 is 5.72. The summed E-state index contributed by atoms with van der Waals surface area (Å²) in [7, 11) is 0. The first-order valence-electron chi connectivity index (χ1n) is 7.63. The quantitative estimate of drug-likeness (QED) is 0.868. The van der Waals surface area contributed by atoms with Crippen LogP contribution in [-0.4, -0.2) is 46.6 Å². The number of morpholine rings is 1. The molecule has 2 heterocycles. The highest BCUT2D eigenvalue weighted by Crippen LogP contribution is 2.33. The maximum atomic E-state index is 12.1. The topological polar surface area (TPSA) is 75.3 Å². The summed E-state index contributed by atoms with van der Waals surface area (Å²) in [5.41, 5.74) is 0.634. The van der Waals surface area contributed by atoms with Gasteiger partial charge in [-0.25, -0.2) is 4.98 Å². The van der Waals surface area contributed by atoms with Crippen molar-refractivity contribution < 1.29 is 9.53 Å². The highest BCUT2D eigenvalue weighted by atomic mass is 16.5. The van der Waals surface area contributed by atoms with Gasteiger partial charge < -0.3 is 14.6 Å². The Morgan fingerprint density at radius 2 is 2.33 bits per heavy atom. The first kappa shape index (κ1) is 14.3. The molecule has 1 saturated heterocycles. The van der Waals surface area contributed by atoms with Gasteiger partial charge in [-0.15, -0.1) is 0 Å². The van der Waals surface area contributed by atoms with E-state index in [0.29, 0.717) is 38.5 Å². The Morgan fingerprint density at radius 3 is 3.10 bits per heavy atom. The van der Waals surface area contributed by atoms with Crippen LogP contribution >= 0.6 is 0 Å². The normalized spacial score (nSPS) is 22.3. The largest absolute Gasteiger partial charge is 0.375 e. The number of ether oxygens (including phenoxy) is 1. The molecule has 1 aliphatic heterocycles. The molecule has 1 aliphatic carbocycles. The molecule has 1 aromatic rings. The van der Waals surface area contributed by atoms with E-state index >= 15 is 0 Å². The molecule has 0 radical (unpaired) electrons. The summed E-state index contributed by atoms with van der Waals surface area (Å²) in [5.74, 6) is 0.888. The zero-order valence-corrected chi connectivity index (χ0v) is 12.1. The fraction of sp³-hybridized carbons (Fsp3) is 0.667.